The van der Waals surface area contributed by atoms with E-state index in [1.807, 2.05) is 4.90 Å². The average molecular weight is 225 g/mol. The second-order valence-corrected chi connectivity index (χ2v) is 5.13. The van der Waals surface area contributed by atoms with Crippen molar-refractivity contribution >= 4 is 5.91 Å². The third-order valence-electron chi connectivity index (χ3n) is 3.86. The van der Waals surface area contributed by atoms with Gasteiger partial charge < -0.3 is 9.80 Å². The molecule has 0 aromatic carbocycles. The fourth-order valence-electron chi connectivity index (χ4n) is 2.64. The van der Waals surface area contributed by atoms with E-state index in [0.29, 0.717) is 11.8 Å². The number of nitrogens with zero attached hydrogens (tertiary/aromatic N) is 2. The number of amides is 1. The van der Waals surface area contributed by atoms with E-state index in [9.17, 15) is 4.79 Å². The highest BCUT2D eigenvalue weighted by Gasteiger charge is 2.31. The quantitative estimate of drug-likeness (QED) is 0.759. The minimum absolute atomic E-state index is 0.0752. The van der Waals surface area contributed by atoms with Crippen LogP contribution < -0.4 is 5.32 Å². The van der Waals surface area contributed by atoms with E-state index in [0.717, 1.165) is 19.6 Å². The lowest BCUT2D eigenvalue weighted by Gasteiger charge is -2.31. The van der Waals surface area contributed by atoms with Crippen LogP contribution in [0, 0.1) is 5.92 Å². The van der Waals surface area contributed by atoms with E-state index >= 15 is 0 Å². The number of nitrogens with one attached hydrogen (secondary N) is 1. The molecule has 2 rings (SSSR count). The molecule has 0 bridgehead atoms. The van der Waals surface area contributed by atoms with Gasteiger partial charge in [0.15, 0.2) is 0 Å². The number of carbonyl (C=O) groups excluding carboxylic acids is 1. The van der Waals surface area contributed by atoms with Crippen LogP contribution >= 0.6 is 0 Å². The van der Waals surface area contributed by atoms with Gasteiger partial charge >= 0.3 is 0 Å². The zero-order valence-electron chi connectivity index (χ0n) is 10.4. The maximum absolute atomic E-state index is 11.9. The van der Waals surface area contributed by atoms with Crippen LogP contribution in [0.25, 0.3) is 0 Å². The Bertz CT molecular complexity index is 249. The van der Waals surface area contributed by atoms with Gasteiger partial charge in [-0.25, -0.2) is 0 Å². The van der Waals surface area contributed by atoms with Gasteiger partial charge in [0.2, 0.25) is 5.91 Å². The predicted molar refractivity (Wildman–Crippen MR) is 64.0 cm³/mol. The van der Waals surface area contributed by atoms with E-state index in [4.69, 9.17) is 0 Å². The molecule has 2 saturated heterocycles. The molecule has 1 unspecified atom stereocenters. The highest BCUT2D eigenvalue weighted by atomic mass is 16.2. The van der Waals surface area contributed by atoms with Crippen molar-refractivity contribution in [3.63, 3.8) is 0 Å². The summed E-state index contributed by atoms with van der Waals surface area (Å²) in [4.78, 5) is 16.3. The summed E-state index contributed by atoms with van der Waals surface area (Å²) in [5.74, 6) is 1.01. The molecule has 1 N–H and O–H groups in total. The molecule has 4 nitrogen and oxygen atoms in total. The second-order valence-electron chi connectivity index (χ2n) is 5.13. The second kappa shape index (κ2) is 5.15. The molecular formula is C12H23N3O. The van der Waals surface area contributed by atoms with Crippen LogP contribution in [-0.4, -0.2) is 55.1 Å². The Morgan fingerprint density at radius 2 is 2.06 bits per heavy atom. The van der Waals surface area contributed by atoms with Gasteiger partial charge in [-0.05, 0) is 45.3 Å². The topological polar surface area (TPSA) is 35.6 Å². The fourth-order valence-corrected chi connectivity index (χ4v) is 2.64. The summed E-state index contributed by atoms with van der Waals surface area (Å²) in [5.41, 5.74) is 0. The van der Waals surface area contributed by atoms with Crippen molar-refractivity contribution in [2.45, 2.75) is 32.2 Å². The average Bonchev–Trinajstić information content (AvgIpc) is 2.63. The molecule has 2 aliphatic rings. The van der Waals surface area contributed by atoms with Crippen LogP contribution in [0.5, 0.6) is 0 Å². The molecule has 92 valence electrons. The number of piperidine rings is 1. The van der Waals surface area contributed by atoms with E-state index in [1.165, 1.54) is 25.9 Å². The Morgan fingerprint density at radius 1 is 1.38 bits per heavy atom. The van der Waals surface area contributed by atoms with Crippen molar-refractivity contribution in [1.82, 2.24) is 15.1 Å². The lowest BCUT2D eigenvalue weighted by atomic mass is 9.96. The number of rotatable bonds is 3. The Morgan fingerprint density at radius 3 is 2.62 bits per heavy atom. The van der Waals surface area contributed by atoms with Gasteiger partial charge in [0, 0.05) is 6.54 Å². The normalized spacial score (nSPS) is 29.0. The molecule has 1 atom stereocenters. The molecule has 0 spiro atoms. The molecule has 2 fully saturated rings. The first-order valence-electron chi connectivity index (χ1n) is 6.41. The molecule has 16 heavy (non-hydrogen) atoms. The molecule has 0 aliphatic carbocycles. The molecular weight excluding hydrogens is 202 g/mol. The largest absolute Gasteiger partial charge is 0.328 e. The molecule has 2 aliphatic heterocycles. The van der Waals surface area contributed by atoms with Gasteiger partial charge in [0.25, 0.3) is 0 Å². The zero-order valence-corrected chi connectivity index (χ0v) is 10.4. The van der Waals surface area contributed by atoms with Crippen LogP contribution in [0.15, 0.2) is 0 Å². The molecule has 0 aromatic rings. The summed E-state index contributed by atoms with van der Waals surface area (Å²) in [6, 6.07) is 0.0752. The molecule has 0 aromatic heterocycles. The lowest BCUT2D eigenvalue weighted by molar-refractivity contribution is -0.129. The smallest absolute Gasteiger partial charge is 0.240 e. The molecule has 0 radical (unpaired) electrons. The standard InChI is InChI=1S/C12H23N3O/c1-3-11-12(16)15(9-13-11)8-10-4-6-14(2)7-5-10/h10-11,13H,3-9H2,1-2H3. The predicted octanol–water partition coefficient (Wildman–Crippen LogP) is 0.496. The molecule has 4 heteroatoms. The summed E-state index contributed by atoms with van der Waals surface area (Å²) in [6.45, 7) is 6.13. The minimum atomic E-state index is 0.0752. The SMILES string of the molecule is CCC1NCN(CC2CCN(C)CC2)C1=O. The summed E-state index contributed by atoms with van der Waals surface area (Å²) in [7, 11) is 2.17. The van der Waals surface area contributed by atoms with Gasteiger partial charge in [0.1, 0.15) is 0 Å². The zero-order chi connectivity index (χ0) is 11.5. The minimum Gasteiger partial charge on any atom is -0.328 e. The highest BCUT2D eigenvalue weighted by molar-refractivity contribution is 5.83. The van der Waals surface area contributed by atoms with E-state index in [1.54, 1.807) is 0 Å². The Kier molecular flexibility index (Phi) is 3.82. The van der Waals surface area contributed by atoms with Gasteiger partial charge in [-0.2, -0.15) is 0 Å². The van der Waals surface area contributed by atoms with Crippen LogP contribution in [-0.2, 0) is 4.79 Å². The van der Waals surface area contributed by atoms with E-state index in [2.05, 4.69) is 24.2 Å². The maximum Gasteiger partial charge on any atom is 0.240 e. The van der Waals surface area contributed by atoms with Crippen molar-refractivity contribution in [1.29, 1.82) is 0 Å². The van der Waals surface area contributed by atoms with Crippen molar-refractivity contribution in [3.05, 3.63) is 0 Å². The van der Waals surface area contributed by atoms with Crippen LogP contribution in [0.3, 0.4) is 0 Å². The maximum atomic E-state index is 11.9. The molecule has 0 saturated carbocycles. The van der Waals surface area contributed by atoms with Crippen LogP contribution in [0.4, 0.5) is 0 Å². The van der Waals surface area contributed by atoms with Crippen molar-refractivity contribution < 1.29 is 4.79 Å². The van der Waals surface area contributed by atoms with Gasteiger partial charge in [-0.3, -0.25) is 10.1 Å². The summed E-state index contributed by atoms with van der Waals surface area (Å²) < 4.78 is 0. The first kappa shape index (κ1) is 11.9. The fraction of sp³-hybridized carbons (Fsp3) is 0.917. The Balaban J connectivity index is 1.80. The third-order valence-corrected chi connectivity index (χ3v) is 3.86. The van der Waals surface area contributed by atoms with Gasteiger partial charge in [0.05, 0.1) is 12.7 Å². The summed E-state index contributed by atoms with van der Waals surface area (Å²) in [5, 5.41) is 3.27. The van der Waals surface area contributed by atoms with Crippen LogP contribution in [0.2, 0.25) is 0 Å². The first-order valence-corrected chi connectivity index (χ1v) is 6.41. The van der Waals surface area contributed by atoms with Gasteiger partial charge in [-0.15, -0.1) is 0 Å². The third kappa shape index (κ3) is 2.55. The van der Waals surface area contributed by atoms with Crippen molar-refractivity contribution in [2.75, 3.05) is 33.4 Å². The van der Waals surface area contributed by atoms with Gasteiger partial charge in [-0.1, -0.05) is 6.92 Å². The molecule has 1 amide bonds. The van der Waals surface area contributed by atoms with E-state index in [-0.39, 0.29) is 6.04 Å². The highest BCUT2D eigenvalue weighted by Crippen LogP contribution is 2.19. The summed E-state index contributed by atoms with van der Waals surface area (Å²) >= 11 is 0. The lowest BCUT2D eigenvalue weighted by Crippen LogP contribution is -2.38. The number of likely N-dealkylation sites (tertiary alicyclic amines) is 1. The Labute approximate surface area is 98.0 Å². The Hall–Kier alpha value is -0.610. The first-order chi connectivity index (χ1) is 7.70. The van der Waals surface area contributed by atoms with Crippen LogP contribution in [0.1, 0.15) is 26.2 Å². The number of hydrogen-bond donors (Lipinski definition) is 1. The number of carbonyl (C=O) groups is 1. The van der Waals surface area contributed by atoms with Crippen molar-refractivity contribution in [3.8, 4) is 0 Å². The molecule has 2 heterocycles. The monoisotopic (exact) mass is 225 g/mol. The number of hydrogen-bond acceptors (Lipinski definition) is 3. The van der Waals surface area contributed by atoms with Crippen molar-refractivity contribution in [2.24, 2.45) is 5.92 Å². The van der Waals surface area contributed by atoms with E-state index < -0.39 is 0 Å². The summed E-state index contributed by atoms with van der Waals surface area (Å²) in [6.07, 6.45) is 3.37.